The summed E-state index contributed by atoms with van der Waals surface area (Å²) in [4.78, 5) is 11.3. The minimum Gasteiger partial charge on any atom is -0.326 e. The molecule has 0 aliphatic carbocycles. The van der Waals surface area contributed by atoms with Gasteiger partial charge in [0.1, 0.15) is 0 Å². The number of rotatable bonds is 2. The smallest absolute Gasteiger partial charge is 0.269 e. The normalized spacial score (nSPS) is 10.5. The Morgan fingerprint density at radius 2 is 1.87 bits per heavy atom. The van der Waals surface area contributed by atoms with Gasteiger partial charge in [-0.1, -0.05) is 29.8 Å². The molecule has 0 unspecified atom stereocenters. The summed E-state index contributed by atoms with van der Waals surface area (Å²) in [5, 5.41) is 5.38. The lowest BCUT2D eigenvalue weighted by Gasteiger charge is -2.00. The third-order valence-corrected chi connectivity index (χ3v) is 2.42. The third-order valence-electron chi connectivity index (χ3n) is 2.42. The molecule has 78 valence electrons. The van der Waals surface area contributed by atoms with Crippen LogP contribution in [0.3, 0.4) is 0 Å². The van der Waals surface area contributed by atoms with Crippen LogP contribution < -0.4 is 11.3 Å². The van der Waals surface area contributed by atoms with Crippen molar-refractivity contribution >= 4 is 0 Å². The fraction of sp³-hybridized carbons (Fsp3) is 0.182. The summed E-state index contributed by atoms with van der Waals surface area (Å²) in [6.07, 6.45) is 0. The van der Waals surface area contributed by atoms with Crippen LogP contribution in [0.15, 0.2) is 29.1 Å². The molecule has 0 fully saturated rings. The molecule has 1 heterocycles. The quantitative estimate of drug-likeness (QED) is 0.684. The second kappa shape index (κ2) is 3.74. The van der Waals surface area contributed by atoms with E-state index in [1.807, 2.05) is 31.2 Å². The van der Waals surface area contributed by atoms with Crippen LogP contribution in [-0.4, -0.2) is 10.2 Å². The molecule has 0 radical (unpaired) electrons. The molecule has 0 bridgehead atoms. The van der Waals surface area contributed by atoms with E-state index in [1.165, 1.54) is 5.56 Å². The van der Waals surface area contributed by atoms with E-state index < -0.39 is 0 Å². The molecule has 1 aromatic heterocycles. The lowest BCUT2D eigenvalue weighted by Crippen LogP contribution is -2.10. The highest BCUT2D eigenvalue weighted by Gasteiger charge is 2.09. The minimum atomic E-state index is -0.145. The van der Waals surface area contributed by atoms with E-state index in [0.29, 0.717) is 5.56 Å². The van der Waals surface area contributed by atoms with Crippen molar-refractivity contribution in [3.05, 3.63) is 45.7 Å². The summed E-state index contributed by atoms with van der Waals surface area (Å²) < 4.78 is 0. The fourth-order valence-corrected chi connectivity index (χ4v) is 1.55. The molecular formula is C11H13N3O. The highest BCUT2D eigenvalue weighted by atomic mass is 16.1. The number of hydrogen-bond donors (Lipinski definition) is 3. The third kappa shape index (κ3) is 1.71. The molecule has 0 saturated carbocycles. The van der Waals surface area contributed by atoms with Gasteiger partial charge in [0, 0.05) is 6.54 Å². The Kier molecular flexibility index (Phi) is 2.43. The van der Waals surface area contributed by atoms with E-state index >= 15 is 0 Å². The maximum absolute atomic E-state index is 11.3. The van der Waals surface area contributed by atoms with Crippen LogP contribution in [0.4, 0.5) is 0 Å². The molecule has 0 saturated heterocycles. The standard InChI is InChI=1S/C11H13N3O/c1-7-2-4-8(5-3-7)10-9(6-12)11(15)14-13-10/h2-5H,6,12H2,1H3,(H2,13,14,15). The van der Waals surface area contributed by atoms with Gasteiger partial charge in [-0.05, 0) is 12.5 Å². The van der Waals surface area contributed by atoms with Crippen molar-refractivity contribution < 1.29 is 0 Å². The van der Waals surface area contributed by atoms with E-state index in [4.69, 9.17) is 5.73 Å². The highest BCUT2D eigenvalue weighted by Crippen LogP contribution is 2.18. The van der Waals surface area contributed by atoms with E-state index in [2.05, 4.69) is 10.2 Å². The Labute approximate surface area is 87.1 Å². The minimum absolute atomic E-state index is 0.145. The van der Waals surface area contributed by atoms with Gasteiger partial charge in [0.05, 0.1) is 11.3 Å². The van der Waals surface area contributed by atoms with Crippen molar-refractivity contribution in [1.82, 2.24) is 10.2 Å². The molecule has 1 aromatic carbocycles. The molecule has 2 rings (SSSR count). The van der Waals surface area contributed by atoms with Gasteiger partial charge >= 0.3 is 0 Å². The number of benzene rings is 1. The van der Waals surface area contributed by atoms with Gasteiger partial charge in [0.2, 0.25) is 0 Å². The van der Waals surface area contributed by atoms with Crippen LogP contribution in [0.1, 0.15) is 11.1 Å². The zero-order valence-electron chi connectivity index (χ0n) is 8.50. The van der Waals surface area contributed by atoms with Gasteiger partial charge in [-0.25, -0.2) is 0 Å². The maximum Gasteiger partial charge on any atom is 0.269 e. The van der Waals surface area contributed by atoms with Crippen LogP contribution >= 0.6 is 0 Å². The first-order valence-corrected chi connectivity index (χ1v) is 4.79. The highest BCUT2D eigenvalue weighted by molar-refractivity contribution is 5.62. The number of aromatic amines is 2. The van der Waals surface area contributed by atoms with Crippen molar-refractivity contribution in [2.75, 3.05) is 0 Å². The number of aryl methyl sites for hydroxylation is 1. The molecule has 0 aliphatic rings. The fourth-order valence-electron chi connectivity index (χ4n) is 1.55. The molecule has 0 amide bonds. The Morgan fingerprint density at radius 1 is 1.20 bits per heavy atom. The molecule has 0 atom stereocenters. The number of hydrogen-bond acceptors (Lipinski definition) is 2. The Morgan fingerprint density at radius 3 is 2.47 bits per heavy atom. The average molecular weight is 203 g/mol. The summed E-state index contributed by atoms with van der Waals surface area (Å²) in [7, 11) is 0. The Balaban J connectivity index is 2.54. The first-order valence-electron chi connectivity index (χ1n) is 4.79. The molecule has 0 spiro atoms. The van der Waals surface area contributed by atoms with E-state index in [1.54, 1.807) is 0 Å². The van der Waals surface area contributed by atoms with Gasteiger partial charge in [-0.2, -0.15) is 0 Å². The van der Waals surface area contributed by atoms with Crippen LogP contribution in [0, 0.1) is 6.92 Å². The predicted octanol–water partition coefficient (Wildman–Crippen LogP) is 1.14. The predicted molar refractivity (Wildman–Crippen MR) is 59.5 cm³/mol. The van der Waals surface area contributed by atoms with Crippen molar-refractivity contribution in [3.8, 4) is 11.3 Å². The SMILES string of the molecule is Cc1ccc(-c2[nH][nH]c(=O)c2CN)cc1. The van der Waals surface area contributed by atoms with Gasteiger partial charge < -0.3 is 5.73 Å². The summed E-state index contributed by atoms with van der Waals surface area (Å²) in [6.45, 7) is 2.26. The van der Waals surface area contributed by atoms with Crippen molar-refractivity contribution in [2.45, 2.75) is 13.5 Å². The van der Waals surface area contributed by atoms with Crippen molar-refractivity contribution in [3.63, 3.8) is 0 Å². The largest absolute Gasteiger partial charge is 0.326 e. The van der Waals surface area contributed by atoms with Crippen LogP contribution in [0.2, 0.25) is 0 Å². The molecule has 4 N–H and O–H groups in total. The van der Waals surface area contributed by atoms with Gasteiger partial charge in [0.15, 0.2) is 0 Å². The Hall–Kier alpha value is -1.81. The lowest BCUT2D eigenvalue weighted by atomic mass is 10.1. The van der Waals surface area contributed by atoms with E-state index in [9.17, 15) is 4.79 Å². The summed E-state index contributed by atoms with van der Waals surface area (Å²) in [6, 6.07) is 7.93. The lowest BCUT2D eigenvalue weighted by molar-refractivity contribution is 1.04. The first kappa shape index (κ1) is 9.73. The van der Waals surface area contributed by atoms with E-state index in [0.717, 1.165) is 11.3 Å². The van der Waals surface area contributed by atoms with Gasteiger partial charge in [-0.15, -0.1) is 0 Å². The molecule has 0 aliphatic heterocycles. The van der Waals surface area contributed by atoms with Crippen LogP contribution in [0.5, 0.6) is 0 Å². The zero-order valence-corrected chi connectivity index (χ0v) is 8.50. The monoisotopic (exact) mass is 203 g/mol. The summed E-state index contributed by atoms with van der Waals surface area (Å²) in [5.41, 5.74) is 8.91. The van der Waals surface area contributed by atoms with Crippen LogP contribution in [0.25, 0.3) is 11.3 Å². The number of nitrogens with two attached hydrogens (primary N) is 1. The van der Waals surface area contributed by atoms with Gasteiger partial charge in [0.25, 0.3) is 5.56 Å². The first-order chi connectivity index (χ1) is 7.22. The number of aromatic nitrogens is 2. The van der Waals surface area contributed by atoms with Crippen molar-refractivity contribution in [2.24, 2.45) is 5.73 Å². The summed E-state index contributed by atoms with van der Waals surface area (Å²) >= 11 is 0. The molecular weight excluding hydrogens is 190 g/mol. The van der Waals surface area contributed by atoms with Crippen molar-refractivity contribution in [1.29, 1.82) is 0 Å². The second-order valence-electron chi connectivity index (χ2n) is 3.50. The second-order valence-corrected chi connectivity index (χ2v) is 3.50. The van der Waals surface area contributed by atoms with E-state index in [-0.39, 0.29) is 12.1 Å². The van der Waals surface area contributed by atoms with Crippen LogP contribution in [-0.2, 0) is 6.54 Å². The average Bonchev–Trinajstić information content (AvgIpc) is 2.61. The molecule has 2 aromatic rings. The molecule has 4 nitrogen and oxygen atoms in total. The topological polar surface area (TPSA) is 74.7 Å². The Bertz CT molecular complexity index is 507. The number of H-pyrrole nitrogens is 2. The molecule has 4 heteroatoms. The molecule has 15 heavy (non-hydrogen) atoms. The summed E-state index contributed by atoms with van der Waals surface area (Å²) in [5.74, 6) is 0. The maximum atomic E-state index is 11.3. The van der Waals surface area contributed by atoms with Gasteiger partial charge in [-0.3, -0.25) is 15.0 Å². The number of nitrogens with one attached hydrogen (secondary N) is 2. The zero-order chi connectivity index (χ0) is 10.8.